The highest BCUT2D eigenvalue weighted by Gasteiger charge is 2.52. The molecule has 1 aliphatic rings. The van der Waals surface area contributed by atoms with Crippen molar-refractivity contribution in [3.63, 3.8) is 0 Å². The Hall–Kier alpha value is -0.205. The summed E-state index contributed by atoms with van der Waals surface area (Å²) in [6.07, 6.45) is 1.56. The Morgan fingerprint density at radius 3 is 2.23 bits per heavy atom. The number of benzene rings is 1. The van der Waals surface area contributed by atoms with E-state index >= 15 is 0 Å². The van der Waals surface area contributed by atoms with Gasteiger partial charge in [-0.15, -0.1) is 0 Å². The first-order chi connectivity index (χ1) is 10.1. The lowest BCUT2D eigenvalue weighted by Crippen LogP contribution is -2.41. The summed E-state index contributed by atoms with van der Waals surface area (Å²) < 4.78 is 27.1. The Morgan fingerprint density at radius 2 is 1.77 bits per heavy atom. The first-order valence-electron chi connectivity index (χ1n) is 6.89. The first-order valence-corrected chi connectivity index (χ1v) is 8.47. The standard InChI is InChI=1S/C15H18BBr2FO3/c1-14(2)15(3,4)22-16(21-14)9(8-20)5-11-12(18)6-10(17)7-13(11)19/h5-7,20H,8H2,1-4H3. The number of aliphatic hydroxyl groups is 1. The largest absolute Gasteiger partial charge is 0.492 e. The zero-order valence-electron chi connectivity index (χ0n) is 12.9. The van der Waals surface area contributed by atoms with E-state index < -0.39 is 24.1 Å². The van der Waals surface area contributed by atoms with E-state index in [1.165, 1.54) is 6.07 Å². The third-order valence-electron chi connectivity index (χ3n) is 4.11. The average molecular weight is 436 g/mol. The van der Waals surface area contributed by atoms with E-state index in [1.54, 1.807) is 12.1 Å². The van der Waals surface area contributed by atoms with Gasteiger partial charge >= 0.3 is 7.12 Å². The van der Waals surface area contributed by atoms with E-state index in [-0.39, 0.29) is 6.61 Å². The van der Waals surface area contributed by atoms with Crippen LogP contribution in [0.5, 0.6) is 0 Å². The molecule has 7 heteroatoms. The predicted octanol–water partition coefficient (Wildman–Crippen LogP) is 4.36. The Morgan fingerprint density at radius 1 is 1.23 bits per heavy atom. The minimum atomic E-state index is -0.704. The summed E-state index contributed by atoms with van der Waals surface area (Å²) in [5, 5.41) is 9.65. The van der Waals surface area contributed by atoms with Gasteiger partial charge in [-0.3, -0.25) is 0 Å². The third-order valence-corrected chi connectivity index (χ3v) is 5.23. The Bertz CT molecular complexity index is 578. The topological polar surface area (TPSA) is 38.7 Å². The zero-order valence-corrected chi connectivity index (χ0v) is 16.1. The van der Waals surface area contributed by atoms with Crippen LogP contribution >= 0.6 is 31.9 Å². The summed E-state index contributed by atoms with van der Waals surface area (Å²) in [5.41, 5.74) is -0.203. The Kier molecular flexibility index (Phi) is 5.24. The van der Waals surface area contributed by atoms with Gasteiger partial charge < -0.3 is 14.4 Å². The van der Waals surface area contributed by atoms with Crippen LogP contribution in [-0.2, 0) is 9.31 Å². The Balaban J connectivity index is 2.38. The van der Waals surface area contributed by atoms with Gasteiger partial charge in [-0.1, -0.05) is 37.9 Å². The smallest absolute Gasteiger partial charge is 0.400 e. The number of hydrogen-bond acceptors (Lipinski definition) is 3. The second-order valence-electron chi connectivity index (χ2n) is 6.25. The molecule has 1 N–H and O–H groups in total. The molecule has 22 heavy (non-hydrogen) atoms. The maximum absolute atomic E-state index is 14.1. The number of aliphatic hydroxyl groups excluding tert-OH is 1. The molecule has 0 radical (unpaired) electrons. The quantitative estimate of drug-likeness (QED) is 0.717. The molecule has 2 rings (SSSR count). The highest BCUT2D eigenvalue weighted by atomic mass is 79.9. The maximum Gasteiger partial charge on any atom is 0.492 e. The third kappa shape index (κ3) is 3.48. The molecule has 120 valence electrons. The summed E-state index contributed by atoms with van der Waals surface area (Å²) in [4.78, 5) is 0. The van der Waals surface area contributed by atoms with Crippen LogP contribution in [0.3, 0.4) is 0 Å². The van der Waals surface area contributed by atoms with Crippen LogP contribution in [0.15, 0.2) is 26.6 Å². The summed E-state index contributed by atoms with van der Waals surface area (Å²) in [5.74, 6) is -0.399. The molecule has 1 heterocycles. The highest BCUT2D eigenvalue weighted by molar-refractivity contribution is 9.11. The maximum atomic E-state index is 14.1. The molecule has 3 nitrogen and oxygen atoms in total. The van der Waals surface area contributed by atoms with E-state index in [9.17, 15) is 9.50 Å². The zero-order chi connectivity index (χ0) is 16.7. The SMILES string of the molecule is CC1(C)OB(C(=Cc2c(F)cc(Br)cc2Br)CO)OC1(C)C. The summed E-state index contributed by atoms with van der Waals surface area (Å²) in [6.45, 7) is 7.44. The molecule has 1 saturated heterocycles. The molecule has 0 bridgehead atoms. The van der Waals surface area contributed by atoms with Crippen molar-refractivity contribution in [2.24, 2.45) is 0 Å². The Labute approximate surface area is 147 Å². The molecule has 0 aromatic heterocycles. The molecule has 0 aliphatic carbocycles. The van der Waals surface area contributed by atoms with Gasteiger partial charge in [-0.05, 0) is 45.3 Å². The van der Waals surface area contributed by atoms with Gasteiger partial charge in [-0.2, -0.15) is 0 Å². The number of hydrogen-bond donors (Lipinski definition) is 1. The lowest BCUT2D eigenvalue weighted by Gasteiger charge is -2.32. The van der Waals surface area contributed by atoms with Gasteiger partial charge in [0.25, 0.3) is 0 Å². The second-order valence-corrected chi connectivity index (χ2v) is 8.02. The van der Waals surface area contributed by atoms with Gasteiger partial charge in [0.2, 0.25) is 0 Å². The fourth-order valence-corrected chi connectivity index (χ4v) is 3.35. The van der Waals surface area contributed by atoms with Gasteiger partial charge in [0.15, 0.2) is 0 Å². The summed E-state index contributed by atoms with van der Waals surface area (Å²) >= 11 is 6.57. The van der Waals surface area contributed by atoms with Crippen molar-refractivity contribution in [1.82, 2.24) is 0 Å². The molecule has 0 amide bonds. The molecule has 1 aromatic carbocycles. The molecule has 0 unspecified atom stereocenters. The highest BCUT2D eigenvalue weighted by Crippen LogP contribution is 2.39. The fourth-order valence-electron chi connectivity index (χ4n) is 2.06. The summed E-state index contributed by atoms with van der Waals surface area (Å²) in [6, 6.07) is 3.12. The van der Waals surface area contributed by atoms with Crippen molar-refractivity contribution in [1.29, 1.82) is 0 Å². The monoisotopic (exact) mass is 434 g/mol. The fraction of sp³-hybridized carbons (Fsp3) is 0.467. The molecular weight excluding hydrogens is 418 g/mol. The average Bonchev–Trinajstić information content (AvgIpc) is 2.57. The van der Waals surface area contributed by atoms with Crippen LogP contribution in [0.4, 0.5) is 4.39 Å². The molecule has 1 aromatic rings. The van der Waals surface area contributed by atoms with Crippen molar-refractivity contribution in [3.05, 3.63) is 37.9 Å². The van der Waals surface area contributed by atoms with Crippen molar-refractivity contribution in [2.75, 3.05) is 6.61 Å². The van der Waals surface area contributed by atoms with Crippen LogP contribution in [0.1, 0.15) is 33.3 Å². The van der Waals surface area contributed by atoms with Crippen molar-refractivity contribution in [2.45, 2.75) is 38.9 Å². The second kappa shape index (κ2) is 6.36. The van der Waals surface area contributed by atoms with Crippen LogP contribution in [0.25, 0.3) is 6.08 Å². The lowest BCUT2D eigenvalue weighted by molar-refractivity contribution is 0.00578. The molecule has 0 spiro atoms. The van der Waals surface area contributed by atoms with Crippen molar-refractivity contribution in [3.8, 4) is 0 Å². The van der Waals surface area contributed by atoms with Crippen LogP contribution in [0.2, 0.25) is 0 Å². The first kappa shape index (κ1) is 18.1. The number of halogens is 3. The van der Waals surface area contributed by atoms with E-state index in [0.717, 1.165) is 0 Å². The predicted molar refractivity (Wildman–Crippen MR) is 92.9 cm³/mol. The van der Waals surface area contributed by atoms with Crippen LogP contribution < -0.4 is 0 Å². The molecule has 0 atom stereocenters. The van der Waals surface area contributed by atoms with Crippen LogP contribution in [0, 0.1) is 5.82 Å². The molecular formula is C15H18BBr2FO3. The minimum absolute atomic E-state index is 0.279. The van der Waals surface area contributed by atoms with E-state index in [2.05, 4.69) is 31.9 Å². The lowest BCUT2D eigenvalue weighted by atomic mass is 9.77. The molecule has 1 aliphatic heterocycles. The van der Waals surface area contributed by atoms with Crippen molar-refractivity contribution >= 4 is 45.1 Å². The van der Waals surface area contributed by atoms with Crippen molar-refractivity contribution < 1.29 is 18.8 Å². The van der Waals surface area contributed by atoms with E-state index in [0.29, 0.717) is 20.0 Å². The molecule has 0 saturated carbocycles. The number of rotatable bonds is 3. The van der Waals surface area contributed by atoms with Crippen LogP contribution in [-0.4, -0.2) is 30.0 Å². The normalized spacial score (nSPS) is 20.5. The van der Waals surface area contributed by atoms with E-state index in [1.807, 2.05) is 27.7 Å². The van der Waals surface area contributed by atoms with E-state index in [4.69, 9.17) is 9.31 Å². The van der Waals surface area contributed by atoms with Gasteiger partial charge in [0.05, 0.1) is 17.8 Å². The minimum Gasteiger partial charge on any atom is -0.400 e. The van der Waals surface area contributed by atoms with Gasteiger partial charge in [-0.25, -0.2) is 4.39 Å². The molecule has 1 fully saturated rings. The van der Waals surface area contributed by atoms with Gasteiger partial charge in [0.1, 0.15) is 5.82 Å². The summed E-state index contributed by atoms with van der Waals surface area (Å²) in [7, 11) is -0.704. The van der Waals surface area contributed by atoms with Gasteiger partial charge in [0, 0.05) is 14.5 Å².